The zero-order valence-electron chi connectivity index (χ0n) is 10.8. The predicted octanol–water partition coefficient (Wildman–Crippen LogP) is 2.34. The van der Waals surface area contributed by atoms with Gasteiger partial charge in [-0.05, 0) is 33.7 Å². The van der Waals surface area contributed by atoms with Crippen molar-refractivity contribution in [2.24, 2.45) is 0 Å². The molecule has 0 bridgehead atoms. The Morgan fingerprint density at radius 1 is 1.31 bits per heavy atom. The Bertz CT molecular complexity index is 320. The Balaban J connectivity index is 2.71. The highest BCUT2D eigenvalue weighted by Crippen LogP contribution is 2.21. The molecule has 0 amide bonds. The van der Waals surface area contributed by atoms with Gasteiger partial charge >= 0.3 is 6.01 Å². The number of rotatable bonds is 6. The first-order valence-electron chi connectivity index (χ1n) is 5.83. The summed E-state index contributed by atoms with van der Waals surface area (Å²) in [6.45, 7) is 8.42. The van der Waals surface area contributed by atoms with Crippen molar-refractivity contribution < 1.29 is 4.42 Å². The molecule has 0 fully saturated rings. The van der Waals surface area contributed by atoms with Gasteiger partial charge < -0.3 is 15.1 Å². The highest BCUT2D eigenvalue weighted by Gasteiger charge is 2.22. The van der Waals surface area contributed by atoms with Crippen molar-refractivity contribution in [1.82, 2.24) is 15.5 Å². The summed E-state index contributed by atoms with van der Waals surface area (Å²) in [6, 6.07) is 0.584. The molecule has 2 N–H and O–H groups in total. The molecule has 1 atom stereocenters. The number of anilines is 1. The monoisotopic (exact) mass is 226 g/mol. The summed E-state index contributed by atoms with van der Waals surface area (Å²) >= 11 is 0. The first-order chi connectivity index (χ1) is 7.54. The lowest BCUT2D eigenvalue weighted by Crippen LogP contribution is -2.33. The van der Waals surface area contributed by atoms with Crippen LogP contribution in [0.25, 0.3) is 0 Å². The molecule has 5 nitrogen and oxygen atoms in total. The first-order valence-corrected chi connectivity index (χ1v) is 5.83. The van der Waals surface area contributed by atoms with Crippen LogP contribution >= 0.6 is 0 Å². The van der Waals surface area contributed by atoms with Crippen molar-refractivity contribution in [3.63, 3.8) is 0 Å². The van der Waals surface area contributed by atoms with Gasteiger partial charge in [0.25, 0.3) is 0 Å². The molecular formula is C11H22N4O. The predicted molar refractivity (Wildman–Crippen MR) is 64.4 cm³/mol. The molecule has 1 rings (SSSR count). The van der Waals surface area contributed by atoms with Crippen LogP contribution in [0.3, 0.4) is 0 Å². The van der Waals surface area contributed by atoms with E-state index >= 15 is 0 Å². The Morgan fingerprint density at radius 2 is 1.94 bits per heavy atom. The highest BCUT2D eigenvalue weighted by atomic mass is 16.4. The summed E-state index contributed by atoms with van der Waals surface area (Å²) in [7, 11) is 1.87. The van der Waals surface area contributed by atoms with Gasteiger partial charge in [0.2, 0.25) is 5.89 Å². The summed E-state index contributed by atoms with van der Waals surface area (Å²) < 4.78 is 5.54. The quantitative estimate of drug-likeness (QED) is 0.779. The second-order valence-corrected chi connectivity index (χ2v) is 4.35. The van der Waals surface area contributed by atoms with Crippen molar-refractivity contribution in [3.8, 4) is 0 Å². The van der Waals surface area contributed by atoms with Gasteiger partial charge in [-0.2, -0.15) is 0 Å². The lowest BCUT2D eigenvalue weighted by molar-refractivity contribution is 0.414. The van der Waals surface area contributed by atoms with Crippen LogP contribution in [-0.4, -0.2) is 22.8 Å². The molecule has 1 heterocycles. The third kappa shape index (κ3) is 2.95. The number of aromatic nitrogens is 2. The van der Waals surface area contributed by atoms with E-state index in [0.29, 0.717) is 11.9 Å². The average Bonchev–Trinajstić information content (AvgIpc) is 2.76. The minimum absolute atomic E-state index is 0.0205. The second kappa shape index (κ2) is 5.30. The average molecular weight is 226 g/mol. The van der Waals surface area contributed by atoms with Gasteiger partial charge in [0.05, 0.1) is 6.04 Å². The summed E-state index contributed by atoms with van der Waals surface area (Å²) in [4.78, 5) is 0. The topological polar surface area (TPSA) is 63.0 Å². The zero-order chi connectivity index (χ0) is 12.2. The van der Waals surface area contributed by atoms with E-state index in [0.717, 1.165) is 12.8 Å². The Morgan fingerprint density at radius 3 is 2.44 bits per heavy atom. The largest absolute Gasteiger partial charge is 0.406 e. The van der Waals surface area contributed by atoms with E-state index in [9.17, 15) is 0 Å². The standard InChI is InChI=1S/C11H22N4O/c1-6-11(4,7-2)13-10-15-14-9(16-10)8(3)12-5/h8,12H,6-7H2,1-5H3,(H,13,15). The number of nitrogens with zero attached hydrogens (tertiary/aromatic N) is 2. The van der Waals surface area contributed by atoms with E-state index in [2.05, 4.69) is 41.6 Å². The van der Waals surface area contributed by atoms with E-state index in [1.807, 2.05) is 14.0 Å². The molecule has 1 unspecified atom stereocenters. The minimum Gasteiger partial charge on any atom is -0.406 e. The van der Waals surface area contributed by atoms with Gasteiger partial charge in [-0.15, -0.1) is 5.10 Å². The van der Waals surface area contributed by atoms with Crippen LogP contribution in [0, 0.1) is 0 Å². The molecule has 0 radical (unpaired) electrons. The van der Waals surface area contributed by atoms with Gasteiger partial charge in [0, 0.05) is 5.54 Å². The van der Waals surface area contributed by atoms with Gasteiger partial charge in [0.1, 0.15) is 0 Å². The highest BCUT2D eigenvalue weighted by molar-refractivity contribution is 5.23. The van der Waals surface area contributed by atoms with Gasteiger partial charge in [0.15, 0.2) is 0 Å². The minimum atomic E-state index is 0.0205. The van der Waals surface area contributed by atoms with Crippen LogP contribution in [0.15, 0.2) is 4.42 Å². The van der Waals surface area contributed by atoms with Gasteiger partial charge in [-0.1, -0.05) is 18.9 Å². The molecule has 1 aromatic heterocycles. The van der Waals surface area contributed by atoms with Crippen molar-refractivity contribution in [2.75, 3.05) is 12.4 Å². The van der Waals surface area contributed by atoms with Crippen LogP contribution < -0.4 is 10.6 Å². The summed E-state index contributed by atoms with van der Waals surface area (Å²) in [5.74, 6) is 0.611. The summed E-state index contributed by atoms with van der Waals surface area (Å²) in [6.07, 6.45) is 2.03. The number of nitrogens with one attached hydrogen (secondary N) is 2. The number of hydrogen-bond acceptors (Lipinski definition) is 5. The van der Waals surface area contributed by atoms with E-state index in [1.54, 1.807) is 0 Å². The second-order valence-electron chi connectivity index (χ2n) is 4.35. The molecule has 1 aromatic rings. The molecule has 0 aliphatic heterocycles. The molecule has 0 aliphatic rings. The SMILES string of the molecule is CCC(C)(CC)Nc1nnc(C(C)NC)o1. The fraction of sp³-hybridized carbons (Fsp3) is 0.818. The fourth-order valence-electron chi connectivity index (χ4n) is 1.27. The molecular weight excluding hydrogens is 204 g/mol. The van der Waals surface area contributed by atoms with Crippen molar-refractivity contribution in [1.29, 1.82) is 0 Å². The Kier molecular flexibility index (Phi) is 4.29. The first kappa shape index (κ1) is 13.0. The smallest absolute Gasteiger partial charge is 0.315 e. The lowest BCUT2D eigenvalue weighted by Gasteiger charge is -2.26. The number of hydrogen-bond donors (Lipinski definition) is 2. The summed E-state index contributed by atoms with van der Waals surface area (Å²) in [5, 5.41) is 14.3. The molecule has 0 aliphatic carbocycles. The normalized spacial score (nSPS) is 13.8. The molecule has 0 saturated carbocycles. The third-order valence-electron chi connectivity index (χ3n) is 3.21. The van der Waals surface area contributed by atoms with Crippen LogP contribution in [0.2, 0.25) is 0 Å². The maximum absolute atomic E-state index is 5.54. The Labute approximate surface area is 97.0 Å². The maximum Gasteiger partial charge on any atom is 0.315 e. The van der Waals surface area contributed by atoms with Crippen molar-refractivity contribution >= 4 is 6.01 Å². The maximum atomic E-state index is 5.54. The van der Waals surface area contributed by atoms with Crippen molar-refractivity contribution in [3.05, 3.63) is 5.89 Å². The van der Waals surface area contributed by atoms with Crippen LogP contribution in [0.4, 0.5) is 6.01 Å². The van der Waals surface area contributed by atoms with Gasteiger partial charge in [-0.3, -0.25) is 0 Å². The summed E-state index contributed by atoms with van der Waals surface area (Å²) in [5.41, 5.74) is 0.0205. The Hall–Kier alpha value is -1.10. The van der Waals surface area contributed by atoms with E-state index in [1.165, 1.54) is 0 Å². The van der Waals surface area contributed by atoms with Crippen LogP contribution in [0.5, 0.6) is 0 Å². The fourth-order valence-corrected chi connectivity index (χ4v) is 1.27. The van der Waals surface area contributed by atoms with E-state index < -0.39 is 0 Å². The zero-order valence-corrected chi connectivity index (χ0v) is 10.8. The molecule has 0 aromatic carbocycles. The van der Waals surface area contributed by atoms with E-state index in [4.69, 9.17) is 4.42 Å². The van der Waals surface area contributed by atoms with Crippen LogP contribution in [0.1, 0.15) is 52.5 Å². The van der Waals surface area contributed by atoms with Crippen molar-refractivity contribution in [2.45, 2.75) is 52.1 Å². The lowest BCUT2D eigenvalue weighted by atomic mass is 9.96. The molecule has 0 spiro atoms. The molecule has 0 saturated heterocycles. The molecule has 16 heavy (non-hydrogen) atoms. The van der Waals surface area contributed by atoms with E-state index in [-0.39, 0.29) is 11.6 Å². The molecule has 5 heteroatoms. The molecule has 92 valence electrons. The third-order valence-corrected chi connectivity index (χ3v) is 3.21. The van der Waals surface area contributed by atoms with Crippen LogP contribution in [-0.2, 0) is 0 Å². The van der Waals surface area contributed by atoms with Gasteiger partial charge in [-0.25, -0.2) is 0 Å².